The van der Waals surface area contributed by atoms with Crippen molar-refractivity contribution in [3.63, 3.8) is 0 Å². The molecule has 0 radical (unpaired) electrons. The summed E-state index contributed by atoms with van der Waals surface area (Å²) in [6.07, 6.45) is 0. The molecule has 0 saturated heterocycles. The van der Waals surface area contributed by atoms with Crippen LogP contribution in [-0.4, -0.2) is 25.0 Å². The second kappa shape index (κ2) is 8.29. The van der Waals surface area contributed by atoms with Crippen LogP contribution in [0, 0.1) is 6.92 Å². The van der Waals surface area contributed by atoms with Crippen LogP contribution in [0.25, 0.3) is 22.4 Å². The number of nitrogens with one attached hydrogen (secondary N) is 1. The number of aromatic amines is 1. The highest BCUT2D eigenvalue weighted by Gasteiger charge is 2.19. The molecular formula is C26H23NO3. The van der Waals surface area contributed by atoms with Crippen LogP contribution < -0.4 is 9.47 Å². The summed E-state index contributed by atoms with van der Waals surface area (Å²) in [5, 5.41) is 0. The first kappa shape index (κ1) is 19.5. The fourth-order valence-electron chi connectivity index (χ4n) is 3.41. The zero-order valence-electron chi connectivity index (χ0n) is 17.2. The van der Waals surface area contributed by atoms with Crippen LogP contribution in [0.4, 0.5) is 0 Å². The van der Waals surface area contributed by atoms with Gasteiger partial charge in [0, 0.05) is 16.8 Å². The third kappa shape index (κ3) is 3.85. The van der Waals surface area contributed by atoms with E-state index in [9.17, 15) is 4.79 Å². The first-order valence-electron chi connectivity index (χ1n) is 9.72. The Hall–Kier alpha value is -3.79. The largest absolute Gasteiger partial charge is 0.497 e. The quantitative estimate of drug-likeness (QED) is 0.412. The van der Waals surface area contributed by atoms with Crippen molar-refractivity contribution < 1.29 is 14.3 Å². The van der Waals surface area contributed by atoms with Gasteiger partial charge in [0.1, 0.15) is 11.5 Å². The van der Waals surface area contributed by atoms with Crippen molar-refractivity contribution in [1.82, 2.24) is 4.98 Å². The standard InChI is InChI=1S/C26H23NO3/c1-17-4-6-20(7-5-17)26(28)25-23(18-8-12-21(29-2)13-9-18)16-24(27-25)19-10-14-22(30-3)15-11-19/h4-16,27H,1-3H3. The number of benzene rings is 3. The van der Waals surface area contributed by atoms with Gasteiger partial charge in [-0.1, -0.05) is 42.0 Å². The van der Waals surface area contributed by atoms with E-state index < -0.39 is 0 Å². The van der Waals surface area contributed by atoms with E-state index in [2.05, 4.69) is 4.98 Å². The number of ether oxygens (including phenoxy) is 2. The topological polar surface area (TPSA) is 51.3 Å². The van der Waals surface area contributed by atoms with Crippen molar-refractivity contribution in [2.45, 2.75) is 6.92 Å². The summed E-state index contributed by atoms with van der Waals surface area (Å²) in [6, 6.07) is 25.1. The molecule has 4 heteroatoms. The maximum absolute atomic E-state index is 13.3. The molecule has 0 aliphatic rings. The number of H-pyrrole nitrogens is 1. The zero-order valence-corrected chi connectivity index (χ0v) is 17.2. The maximum Gasteiger partial charge on any atom is 0.209 e. The molecule has 0 saturated carbocycles. The van der Waals surface area contributed by atoms with Gasteiger partial charge >= 0.3 is 0 Å². The summed E-state index contributed by atoms with van der Waals surface area (Å²) in [7, 11) is 3.28. The van der Waals surface area contributed by atoms with E-state index in [1.54, 1.807) is 14.2 Å². The van der Waals surface area contributed by atoms with Crippen LogP contribution in [0.15, 0.2) is 78.9 Å². The summed E-state index contributed by atoms with van der Waals surface area (Å²) in [5.74, 6) is 1.52. The van der Waals surface area contributed by atoms with E-state index in [0.717, 1.165) is 39.4 Å². The van der Waals surface area contributed by atoms with Gasteiger partial charge in [-0.05, 0) is 60.5 Å². The predicted octanol–water partition coefficient (Wildman–Crippen LogP) is 5.91. The number of methoxy groups -OCH3 is 2. The Morgan fingerprint density at radius 3 is 1.80 bits per heavy atom. The van der Waals surface area contributed by atoms with Gasteiger partial charge in [0.25, 0.3) is 0 Å². The van der Waals surface area contributed by atoms with Gasteiger partial charge in [-0.2, -0.15) is 0 Å². The van der Waals surface area contributed by atoms with Crippen molar-refractivity contribution in [2.24, 2.45) is 0 Å². The van der Waals surface area contributed by atoms with Crippen LogP contribution >= 0.6 is 0 Å². The molecule has 0 aliphatic heterocycles. The van der Waals surface area contributed by atoms with Crippen molar-refractivity contribution in [3.8, 4) is 33.9 Å². The second-order valence-corrected chi connectivity index (χ2v) is 7.12. The monoisotopic (exact) mass is 397 g/mol. The highest BCUT2D eigenvalue weighted by Crippen LogP contribution is 2.33. The average Bonchev–Trinajstić information content (AvgIpc) is 3.24. The third-order valence-corrected chi connectivity index (χ3v) is 5.16. The van der Waals surface area contributed by atoms with Crippen LogP contribution in [-0.2, 0) is 0 Å². The second-order valence-electron chi connectivity index (χ2n) is 7.12. The van der Waals surface area contributed by atoms with Gasteiger partial charge in [0.05, 0.1) is 19.9 Å². The molecule has 1 aromatic heterocycles. The van der Waals surface area contributed by atoms with Crippen molar-refractivity contribution in [2.75, 3.05) is 14.2 Å². The Balaban J connectivity index is 1.81. The van der Waals surface area contributed by atoms with Gasteiger partial charge in [0.15, 0.2) is 0 Å². The first-order chi connectivity index (χ1) is 14.6. The highest BCUT2D eigenvalue weighted by atomic mass is 16.5. The molecular weight excluding hydrogens is 374 g/mol. The summed E-state index contributed by atoms with van der Waals surface area (Å²) < 4.78 is 10.5. The molecule has 0 amide bonds. The zero-order chi connectivity index (χ0) is 21.1. The lowest BCUT2D eigenvalue weighted by atomic mass is 9.99. The Labute approximate surface area is 176 Å². The Bertz CT molecular complexity index is 1150. The molecule has 4 aromatic rings. The van der Waals surface area contributed by atoms with Crippen molar-refractivity contribution in [3.05, 3.63) is 95.7 Å². The Kier molecular flexibility index (Phi) is 5.40. The number of rotatable bonds is 6. The molecule has 4 nitrogen and oxygen atoms in total. The lowest BCUT2D eigenvalue weighted by Gasteiger charge is -2.06. The lowest BCUT2D eigenvalue weighted by molar-refractivity contribution is 0.103. The Morgan fingerprint density at radius 1 is 0.733 bits per heavy atom. The fraction of sp³-hybridized carbons (Fsp3) is 0.115. The molecule has 0 atom stereocenters. The van der Waals surface area contributed by atoms with Gasteiger partial charge < -0.3 is 14.5 Å². The SMILES string of the molecule is COc1ccc(-c2cc(-c3ccc(OC)cc3)c(C(=O)c3ccc(C)cc3)[nH]2)cc1. The molecule has 0 fully saturated rings. The molecule has 0 spiro atoms. The molecule has 0 aliphatic carbocycles. The number of hydrogen-bond acceptors (Lipinski definition) is 3. The minimum absolute atomic E-state index is 0.0411. The number of aryl methyl sites for hydroxylation is 1. The summed E-state index contributed by atoms with van der Waals surface area (Å²) in [6.45, 7) is 2.01. The minimum atomic E-state index is -0.0411. The number of ketones is 1. The van der Waals surface area contributed by atoms with Gasteiger partial charge in [-0.3, -0.25) is 4.79 Å². The number of carbonyl (C=O) groups is 1. The number of hydrogen-bond donors (Lipinski definition) is 1. The molecule has 3 aromatic carbocycles. The summed E-state index contributed by atoms with van der Waals surface area (Å²) in [5.41, 5.74) is 5.99. The normalized spacial score (nSPS) is 10.6. The minimum Gasteiger partial charge on any atom is -0.497 e. The number of aromatic nitrogens is 1. The summed E-state index contributed by atoms with van der Waals surface area (Å²) >= 11 is 0. The number of carbonyl (C=O) groups excluding carboxylic acids is 1. The van der Waals surface area contributed by atoms with Crippen molar-refractivity contribution in [1.29, 1.82) is 0 Å². The average molecular weight is 397 g/mol. The molecule has 150 valence electrons. The van der Waals surface area contributed by atoms with Gasteiger partial charge in [0.2, 0.25) is 5.78 Å². The molecule has 0 unspecified atom stereocenters. The molecule has 0 bridgehead atoms. The van der Waals surface area contributed by atoms with Gasteiger partial charge in [-0.25, -0.2) is 0 Å². The predicted molar refractivity (Wildman–Crippen MR) is 119 cm³/mol. The highest BCUT2D eigenvalue weighted by molar-refractivity contribution is 6.12. The van der Waals surface area contributed by atoms with Crippen LogP contribution in [0.5, 0.6) is 11.5 Å². The van der Waals surface area contributed by atoms with E-state index in [4.69, 9.17) is 9.47 Å². The first-order valence-corrected chi connectivity index (χ1v) is 9.72. The van der Waals surface area contributed by atoms with Crippen LogP contribution in [0.1, 0.15) is 21.6 Å². The van der Waals surface area contributed by atoms with E-state index in [0.29, 0.717) is 11.3 Å². The summed E-state index contributed by atoms with van der Waals surface area (Å²) in [4.78, 5) is 16.7. The smallest absolute Gasteiger partial charge is 0.209 e. The van der Waals surface area contributed by atoms with Crippen molar-refractivity contribution >= 4 is 5.78 Å². The van der Waals surface area contributed by atoms with Crippen LogP contribution in [0.3, 0.4) is 0 Å². The fourth-order valence-corrected chi connectivity index (χ4v) is 3.41. The van der Waals surface area contributed by atoms with Gasteiger partial charge in [-0.15, -0.1) is 0 Å². The molecule has 1 heterocycles. The molecule has 30 heavy (non-hydrogen) atoms. The van der Waals surface area contributed by atoms with E-state index in [-0.39, 0.29) is 5.78 Å². The lowest BCUT2D eigenvalue weighted by Crippen LogP contribution is -2.03. The van der Waals surface area contributed by atoms with E-state index in [1.807, 2.05) is 85.8 Å². The van der Waals surface area contributed by atoms with Crippen LogP contribution in [0.2, 0.25) is 0 Å². The van der Waals surface area contributed by atoms with E-state index in [1.165, 1.54) is 0 Å². The van der Waals surface area contributed by atoms with E-state index >= 15 is 0 Å². The molecule has 1 N–H and O–H groups in total. The maximum atomic E-state index is 13.3. The molecule has 4 rings (SSSR count). The Morgan fingerprint density at radius 2 is 1.27 bits per heavy atom. The third-order valence-electron chi connectivity index (χ3n) is 5.16.